The molecular formula is C24H25ClFN3O5S. The fourth-order valence-electron chi connectivity index (χ4n) is 4.75. The maximum absolute atomic E-state index is 13.9. The van der Waals surface area contributed by atoms with Crippen LogP contribution in [-0.2, 0) is 14.8 Å². The standard InChI is InChI=1S/C24H25ClFN3O5S/c1-27-10-21(15-6-18(25)8-19(26)7-15)24(30)28-11-16-13-29(14-17(16)12-28)35(31,32)20-2-3-22-23(9-20)34-5-4-33-22/h2-3,6-9,21,27H,4-5,10-14H2,1H3. The number of hydrogen-bond donors (Lipinski definition) is 1. The Labute approximate surface area is 208 Å². The van der Waals surface area contributed by atoms with Gasteiger partial charge < -0.3 is 19.7 Å². The zero-order valence-electron chi connectivity index (χ0n) is 19.1. The third-order valence-corrected chi connectivity index (χ3v) is 8.46. The molecule has 8 nitrogen and oxygen atoms in total. The van der Waals surface area contributed by atoms with Crippen molar-refractivity contribution in [2.75, 3.05) is 53.0 Å². The number of sulfonamides is 1. The Bertz CT molecular complexity index is 1280. The fourth-order valence-corrected chi connectivity index (χ4v) is 6.43. The summed E-state index contributed by atoms with van der Waals surface area (Å²) in [6.07, 6.45) is 0. The molecule has 0 spiro atoms. The summed E-state index contributed by atoms with van der Waals surface area (Å²) in [5.74, 6) is -0.310. The molecule has 5 rings (SSSR count). The first kappa shape index (κ1) is 24.1. The summed E-state index contributed by atoms with van der Waals surface area (Å²) in [5, 5.41) is 3.23. The predicted molar refractivity (Wildman–Crippen MR) is 128 cm³/mol. The van der Waals surface area contributed by atoms with Crippen molar-refractivity contribution in [2.24, 2.45) is 0 Å². The molecule has 3 heterocycles. The van der Waals surface area contributed by atoms with E-state index in [1.807, 2.05) is 0 Å². The van der Waals surface area contributed by atoms with Crippen LogP contribution in [0.25, 0.3) is 0 Å². The van der Waals surface area contributed by atoms with Crippen LogP contribution >= 0.6 is 11.6 Å². The van der Waals surface area contributed by atoms with Crippen molar-refractivity contribution in [3.63, 3.8) is 0 Å². The van der Waals surface area contributed by atoms with Crippen LogP contribution in [0.1, 0.15) is 11.5 Å². The van der Waals surface area contributed by atoms with E-state index in [0.717, 1.165) is 11.1 Å². The molecule has 0 aliphatic carbocycles. The molecule has 35 heavy (non-hydrogen) atoms. The molecule has 1 unspecified atom stereocenters. The third kappa shape index (κ3) is 4.63. The lowest BCUT2D eigenvalue weighted by Gasteiger charge is -2.27. The summed E-state index contributed by atoms with van der Waals surface area (Å²) < 4.78 is 52.9. The molecule has 0 aromatic heterocycles. The van der Waals surface area contributed by atoms with Crippen LogP contribution in [0.4, 0.5) is 4.39 Å². The van der Waals surface area contributed by atoms with Crippen molar-refractivity contribution >= 4 is 27.5 Å². The van der Waals surface area contributed by atoms with Gasteiger partial charge in [0.2, 0.25) is 15.9 Å². The topological polar surface area (TPSA) is 88.2 Å². The molecule has 1 N–H and O–H groups in total. The smallest absolute Gasteiger partial charge is 0.243 e. The Hall–Kier alpha value is -2.66. The van der Waals surface area contributed by atoms with Gasteiger partial charge in [0.15, 0.2) is 11.5 Å². The number of hydrogen-bond acceptors (Lipinski definition) is 6. The zero-order valence-corrected chi connectivity index (χ0v) is 20.7. The Morgan fingerprint density at radius 1 is 1.06 bits per heavy atom. The third-order valence-electron chi connectivity index (χ3n) is 6.45. The number of fused-ring (bicyclic) bond motifs is 1. The SMILES string of the molecule is CNCC(C(=O)N1CC2=C(C1)CN(S(=O)(=O)c1ccc3c(c1)OCCO3)C2)c1cc(F)cc(Cl)c1. The van der Waals surface area contributed by atoms with Crippen molar-refractivity contribution in [3.8, 4) is 11.5 Å². The molecule has 0 fully saturated rings. The number of nitrogens with zero attached hydrogens (tertiary/aromatic N) is 2. The summed E-state index contributed by atoms with van der Waals surface area (Å²) in [6, 6.07) is 8.76. The molecule has 0 saturated heterocycles. The second-order valence-electron chi connectivity index (χ2n) is 8.79. The van der Waals surface area contributed by atoms with Crippen LogP contribution in [0.2, 0.25) is 5.02 Å². The monoisotopic (exact) mass is 521 g/mol. The van der Waals surface area contributed by atoms with E-state index < -0.39 is 21.8 Å². The largest absolute Gasteiger partial charge is 0.486 e. The maximum Gasteiger partial charge on any atom is 0.243 e. The van der Waals surface area contributed by atoms with Crippen LogP contribution in [-0.4, -0.2) is 76.5 Å². The summed E-state index contributed by atoms with van der Waals surface area (Å²) >= 11 is 6.01. The van der Waals surface area contributed by atoms with Gasteiger partial charge in [-0.3, -0.25) is 4.79 Å². The van der Waals surface area contributed by atoms with Crippen LogP contribution in [0, 0.1) is 5.82 Å². The van der Waals surface area contributed by atoms with Gasteiger partial charge in [-0.2, -0.15) is 4.31 Å². The number of ether oxygens (including phenoxy) is 2. The molecule has 0 saturated carbocycles. The molecule has 0 radical (unpaired) electrons. The average Bonchev–Trinajstić information content (AvgIpc) is 3.41. The van der Waals surface area contributed by atoms with E-state index in [-0.39, 0.29) is 28.9 Å². The van der Waals surface area contributed by atoms with E-state index in [1.54, 1.807) is 24.1 Å². The number of rotatable bonds is 6. The number of halogens is 2. The van der Waals surface area contributed by atoms with Crippen LogP contribution in [0.3, 0.4) is 0 Å². The minimum atomic E-state index is -3.74. The molecule has 1 atom stereocenters. The summed E-state index contributed by atoms with van der Waals surface area (Å²) in [7, 11) is -2.02. The minimum absolute atomic E-state index is 0.146. The highest BCUT2D eigenvalue weighted by molar-refractivity contribution is 7.89. The van der Waals surface area contributed by atoms with Gasteiger partial charge in [-0.05, 0) is 54.1 Å². The Morgan fingerprint density at radius 3 is 2.40 bits per heavy atom. The molecule has 3 aliphatic rings. The second kappa shape index (κ2) is 9.42. The van der Waals surface area contributed by atoms with Gasteiger partial charge in [0, 0.05) is 43.8 Å². The number of likely N-dealkylation sites (N-methyl/N-ethyl adjacent to an activating group) is 1. The number of benzene rings is 2. The lowest BCUT2D eigenvalue weighted by atomic mass is 9.97. The van der Waals surface area contributed by atoms with Gasteiger partial charge in [0.25, 0.3) is 0 Å². The Kier molecular flexibility index (Phi) is 6.47. The Morgan fingerprint density at radius 2 is 1.74 bits per heavy atom. The number of carbonyl (C=O) groups is 1. The predicted octanol–water partition coefficient (Wildman–Crippen LogP) is 2.40. The quantitative estimate of drug-likeness (QED) is 0.587. The van der Waals surface area contributed by atoms with E-state index in [0.29, 0.717) is 49.9 Å². The fraction of sp³-hybridized carbons (Fsp3) is 0.375. The molecule has 0 bridgehead atoms. The molecule has 186 valence electrons. The zero-order chi connectivity index (χ0) is 24.7. The van der Waals surface area contributed by atoms with Crippen molar-refractivity contribution in [2.45, 2.75) is 10.8 Å². The van der Waals surface area contributed by atoms with E-state index >= 15 is 0 Å². The number of carbonyl (C=O) groups excluding carboxylic acids is 1. The highest BCUT2D eigenvalue weighted by atomic mass is 35.5. The lowest BCUT2D eigenvalue weighted by molar-refractivity contribution is -0.131. The molecule has 2 aromatic rings. The molecule has 11 heteroatoms. The van der Waals surface area contributed by atoms with Crippen molar-refractivity contribution < 1.29 is 27.1 Å². The Balaban J connectivity index is 1.28. The van der Waals surface area contributed by atoms with Crippen LogP contribution in [0.5, 0.6) is 11.5 Å². The minimum Gasteiger partial charge on any atom is -0.486 e. The van der Waals surface area contributed by atoms with E-state index in [1.165, 1.54) is 28.6 Å². The first-order valence-corrected chi connectivity index (χ1v) is 13.1. The van der Waals surface area contributed by atoms with Gasteiger partial charge in [-0.1, -0.05) is 11.6 Å². The number of amides is 1. The van der Waals surface area contributed by atoms with E-state index in [9.17, 15) is 17.6 Å². The molecular weight excluding hydrogens is 497 g/mol. The van der Waals surface area contributed by atoms with Gasteiger partial charge in [-0.25, -0.2) is 12.8 Å². The highest BCUT2D eigenvalue weighted by Gasteiger charge is 2.39. The van der Waals surface area contributed by atoms with Crippen LogP contribution in [0.15, 0.2) is 52.4 Å². The average molecular weight is 522 g/mol. The van der Waals surface area contributed by atoms with Gasteiger partial charge in [0.05, 0.1) is 10.8 Å². The summed E-state index contributed by atoms with van der Waals surface area (Å²) in [6.45, 7) is 2.24. The van der Waals surface area contributed by atoms with E-state index in [2.05, 4.69) is 5.32 Å². The van der Waals surface area contributed by atoms with Crippen molar-refractivity contribution in [1.29, 1.82) is 0 Å². The normalized spacial score (nSPS) is 18.7. The highest BCUT2D eigenvalue weighted by Crippen LogP contribution is 2.36. The lowest BCUT2D eigenvalue weighted by Crippen LogP contribution is -2.40. The molecule has 1 amide bonds. The van der Waals surface area contributed by atoms with E-state index in [4.69, 9.17) is 21.1 Å². The maximum atomic E-state index is 13.9. The summed E-state index contributed by atoms with van der Waals surface area (Å²) in [5.41, 5.74) is 2.34. The number of nitrogens with one attached hydrogen (secondary N) is 1. The van der Waals surface area contributed by atoms with Gasteiger partial charge in [-0.15, -0.1) is 0 Å². The van der Waals surface area contributed by atoms with Crippen LogP contribution < -0.4 is 14.8 Å². The first-order chi connectivity index (χ1) is 16.8. The second-order valence-corrected chi connectivity index (χ2v) is 11.2. The van der Waals surface area contributed by atoms with Gasteiger partial charge >= 0.3 is 0 Å². The summed E-state index contributed by atoms with van der Waals surface area (Å²) in [4.78, 5) is 15.2. The first-order valence-electron chi connectivity index (χ1n) is 11.2. The molecule has 3 aliphatic heterocycles. The van der Waals surface area contributed by atoms with Crippen molar-refractivity contribution in [3.05, 3.63) is 63.9 Å². The molecule has 2 aromatic carbocycles. The van der Waals surface area contributed by atoms with Crippen molar-refractivity contribution in [1.82, 2.24) is 14.5 Å². The van der Waals surface area contributed by atoms with Gasteiger partial charge in [0.1, 0.15) is 19.0 Å².